The van der Waals surface area contributed by atoms with Crippen LogP contribution in [-0.4, -0.2) is 44.0 Å². The number of aliphatic hydroxyl groups excluding tert-OH is 1. The van der Waals surface area contributed by atoms with E-state index < -0.39 is 0 Å². The van der Waals surface area contributed by atoms with Crippen molar-refractivity contribution >= 4 is 17.3 Å². The SMILES string of the molecule is O=C(CO)CCCCCCN(c1cncnc1)c1cnccn1. The molecule has 0 aliphatic rings. The Balaban J connectivity index is 1.86. The summed E-state index contributed by atoms with van der Waals surface area (Å²) in [4.78, 5) is 29.6. The molecule has 7 nitrogen and oxygen atoms in total. The van der Waals surface area contributed by atoms with Gasteiger partial charge in [0, 0.05) is 25.4 Å². The summed E-state index contributed by atoms with van der Waals surface area (Å²) in [7, 11) is 0. The summed E-state index contributed by atoms with van der Waals surface area (Å²) in [5.41, 5.74) is 0.878. The number of unbranched alkanes of at least 4 members (excludes halogenated alkanes) is 3. The van der Waals surface area contributed by atoms with Gasteiger partial charge in [-0.3, -0.25) is 9.78 Å². The number of aromatic nitrogens is 4. The zero-order valence-electron chi connectivity index (χ0n) is 13.0. The van der Waals surface area contributed by atoms with E-state index in [1.54, 1.807) is 31.0 Å². The number of aliphatic hydroxyl groups is 1. The molecule has 0 amide bonds. The number of carbonyl (C=O) groups is 1. The Bertz CT molecular complexity index is 540. The Hall–Kier alpha value is -2.41. The first-order chi connectivity index (χ1) is 11.3. The summed E-state index contributed by atoms with van der Waals surface area (Å²) in [6.07, 6.45) is 14.2. The molecule has 0 aliphatic heterocycles. The molecule has 0 radical (unpaired) electrons. The Morgan fingerprint density at radius 1 is 1.00 bits per heavy atom. The molecule has 0 saturated heterocycles. The lowest BCUT2D eigenvalue weighted by molar-refractivity contribution is -0.121. The van der Waals surface area contributed by atoms with Crippen LogP contribution in [0.25, 0.3) is 0 Å². The zero-order valence-corrected chi connectivity index (χ0v) is 13.0. The molecule has 0 unspecified atom stereocenters. The summed E-state index contributed by atoms with van der Waals surface area (Å²) in [6.45, 7) is 0.425. The van der Waals surface area contributed by atoms with Crippen molar-refractivity contribution in [3.05, 3.63) is 37.3 Å². The number of nitrogens with zero attached hydrogens (tertiary/aromatic N) is 5. The van der Waals surface area contributed by atoms with Crippen LogP contribution in [0.5, 0.6) is 0 Å². The number of anilines is 2. The molecule has 1 N–H and O–H groups in total. The topological polar surface area (TPSA) is 92.1 Å². The maximum absolute atomic E-state index is 11.0. The maximum atomic E-state index is 11.0. The van der Waals surface area contributed by atoms with Gasteiger partial charge in [0.1, 0.15) is 12.9 Å². The van der Waals surface area contributed by atoms with Gasteiger partial charge in [-0.1, -0.05) is 12.8 Å². The molecule has 122 valence electrons. The first kappa shape index (κ1) is 17.0. The quantitative estimate of drug-likeness (QED) is 0.669. The van der Waals surface area contributed by atoms with Gasteiger partial charge in [0.05, 0.1) is 24.3 Å². The summed E-state index contributed by atoms with van der Waals surface area (Å²) in [5, 5.41) is 8.68. The number of rotatable bonds is 10. The molecule has 23 heavy (non-hydrogen) atoms. The molecule has 2 aromatic heterocycles. The Labute approximate surface area is 135 Å². The van der Waals surface area contributed by atoms with Gasteiger partial charge < -0.3 is 10.0 Å². The van der Waals surface area contributed by atoms with Gasteiger partial charge in [0.15, 0.2) is 11.6 Å². The Morgan fingerprint density at radius 3 is 2.48 bits per heavy atom. The summed E-state index contributed by atoms with van der Waals surface area (Å²) < 4.78 is 0. The van der Waals surface area contributed by atoms with Crippen LogP contribution in [0.4, 0.5) is 11.5 Å². The molecular weight excluding hydrogens is 294 g/mol. The number of hydrogen-bond donors (Lipinski definition) is 1. The monoisotopic (exact) mass is 315 g/mol. The second kappa shape index (κ2) is 9.58. The second-order valence-corrected chi connectivity index (χ2v) is 5.17. The normalized spacial score (nSPS) is 10.5. The Kier molecular flexibility index (Phi) is 7.06. The lowest BCUT2D eigenvalue weighted by atomic mass is 10.1. The highest BCUT2D eigenvalue weighted by Crippen LogP contribution is 2.21. The first-order valence-electron chi connectivity index (χ1n) is 7.72. The fraction of sp³-hybridized carbons (Fsp3) is 0.438. The van der Waals surface area contributed by atoms with Crippen molar-refractivity contribution in [3.8, 4) is 0 Å². The zero-order chi connectivity index (χ0) is 16.3. The van der Waals surface area contributed by atoms with Gasteiger partial charge in [0.2, 0.25) is 0 Å². The second-order valence-electron chi connectivity index (χ2n) is 5.17. The van der Waals surface area contributed by atoms with E-state index >= 15 is 0 Å². The van der Waals surface area contributed by atoms with Crippen LogP contribution in [0.2, 0.25) is 0 Å². The van der Waals surface area contributed by atoms with E-state index in [0.717, 1.165) is 43.7 Å². The van der Waals surface area contributed by atoms with Gasteiger partial charge in [-0.2, -0.15) is 0 Å². The number of Topliss-reactive ketones (excluding diaryl/α,β-unsaturated/α-hetero) is 1. The van der Waals surface area contributed by atoms with Crippen LogP contribution < -0.4 is 4.90 Å². The number of hydrogen-bond acceptors (Lipinski definition) is 7. The molecule has 2 rings (SSSR count). The fourth-order valence-corrected chi connectivity index (χ4v) is 2.26. The lowest BCUT2D eigenvalue weighted by Gasteiger charge is -2.22. The standard InChI is InChI=1S/C16H21N5O2/c22-12-15(23)5-3-1-2-4-8-21(14-9-18-13-19-10-14)16-11-17-6-7-20-16/h6-7,9-11,13,22H,1-5,8,12H2. The van der Waals surface area contributed by atoms with Crippen molar-refractivity contribution in [2.75, 3.05) is 18.1 Å². The van der Waals surface area contributed by atoms with E-state index in [9.17, 15) is 4.79 Å². The van der Waals surface area contributed by atoms with E-state index in [2.05, 4.69) is 19.9 Å². The van der Waals surface area contributed by atoms with Crippen LogP contribution in [0.15, 0.2) is 37.3 Å². The molecule has 0 aliphatic carbocycles. The molecule has 0 fully saturated rings. The average Bonchev–Trinajstić information content (AvgIpc) is 2.62. The van der Waals surface area contributed by atoms with Gasteiger partial charge in [0.25, 0.3) is 0 Å². The van der Waals surface area contributed by atoms with Crippen LogP contribution in [-0.2, 0) is 4.79 Å². The third-order valence-electron chi connectivity index (χ3n) is 3.45. The third kappa shape index (κ3) is 5.71. The number of ketones is 1. The highest BCUT2D eigenvalue weighted by Gasteiger charge is 2.11. The molecule has 0 atom stereocenters. The van der Waals surface area contributed by atoms with Gasteiger partial charge >= 0.3 is 0 Å². The van der Waals surface area contributed by atoms with Gasteiger partial charge in [-0.25, -0.2) is 15.0 Å². The van der Waals surface area contributed by atoms with Gasteiger partial charge in [-0.05, 0) is 12.8 Å². The van der Waals surface area contributed by atoms with Crippen molar-refractivity contribution < 1.29 is 9.90 Å². The van der Waals surface area contributed by atoms with Crippen LogP contribution in [0.3, 0.4) is 0 Å². The molecule has 0 bridgehead atoms. The fourth-order valence-electron chi connectivity index (χ4n) is 2.26. The predicted octanol–water partition coefficient (Wildman–Crippen LogP) is 1.92. The summed E-state index contributed by atoms with van der Waals surface area (Å²) >= 11 is 0. The van der Waals surface area contributed by atoms with E-state index in [4.69, 9.17) is 5.11 Å². The van der Waals surface area contributed by atoms with Crippen molar-refractivity contribution in [1.82, 2.24) is 19.9 Å². The van der Waals surface area contributed by atoms with E-state index in [0.29, 0.717) is 6.42 Å². The first-order valence-corrected chi connectivity index (χ1v) is 7.72. The van der Waals surface area contributed by atoms with Crippen LogP contribution >= 0.6 is 0 Å². The van der Waals surface area contributed by atoms with Gasteiger partial charge in [-0.15, -0.1) is 0 Å². The highest BCUT2D eigenvalue weighted by molar-refractivity contribution is 5.79. The third-order valence-corrected chi connectivity index (χ3v) is 3.45. The molecule has 2 aromatic rings. The molecule has 2 heterocycles. The minimum Gasteiger partial charge on any atom is -0.389 e. The smallest absolute Gasteiger partial charge is 0.158 e. The maximum Gasteiger partial charge on any atom is 0.158 e. The van der Waals surface area contributed by atoms with Crippen molar-refractivity contribution in [2.24, 2.45) is 0 Å². The lowest BCUT2D eigenvalue weighted by Crippen LogP contribution is -2.20. The molecule has 0 aromatic carbocycles. The van der Waals surface area contributed by atoms with Crippen molar-refractivity contribution in [3.63, 3.8) is 0 Å². The molecule has 0 spiro atoms. The summed E-state index contributed by atoms with van der Waals surface area (Å²) in [5.74, 6) is 0.672. The van der Waals surface area contributed by atoms with E-state index in [-0.39, 0.29) is 12.4 Å². The molecular formula is C16H21N5O2. The predicted molar refractivity (Wildman–Crippen MR) is 86.2 cm³/mol. The minimum atomic E-state index is -0.353. The van der Waals surface area contributed by atoms with Crippen molar-refractivity contribution in [2.45, 2.75) is 32.1 Å². The average molecular weight is 315 g/mol. The van der Waals surface area contributed by atoms with E-state index in [1.165, 1.54) is 6.33 Å². The summed E-state index contributed by atoms with van der Waals surface area (Å²) in [6, 6.07) is 0. The minimum absolute atomic E-state index is 0.0902. The Morgan fingerprint density at radius 2 is 1.78 bits per heavy atom. The largest absolute Gasteiger partial charge is 0.389 e. The highest BCUT2D eigenvalue weighted by atomic mass is 16.3. The van der Waals surface area contributed by atoms with Crippen LogP contribution in [0, 0.1) is 0 Å². The van der Waals surface area contributed by atoms with Crippen molar-refractivity contribution in [1.29, 1.82) is 0 Å². The molecule has 7 heteroatoms. The molecule has 0 saturated carbocycles. The van der Waals surface area contributed by atoms with Crippen LogP contribution in [0.1, 0.15) is 32.1 Å². The van der Waals surface area contributed by atoms with E-state index in [1.807, 2.05) is 4.90 Å². The number of carbonyl (C=O) groups excluding carboxylic acids is 1.